The van der Waals surface area contributed by atoms with Gasteiger partial charge in [-0.25, -0.2) is 0 Å². The summed E-state index contributed by atoms with van der Waals surface area (Å²) in [6, 6.07) is 11.0. The highest BCUT2D eigenvalue weighted by molar-refractivity contribution is 6.97. The molecule has 2 nitrogen and oxygen atoms in total. The number of nitrogens with zero attached hydrogens (tertiary/aromatic N) is 2. The first-order chi connectivity index (χ1) is 11.2. The average molecular weight is 296 g/mol. The van der Waals surface area contributed by atoms with Gasteiger partial charge in [0.15, 0.2) is 0 Å². The van der Waals surface area contributed by atoms with Gasteiger partial charge in [0, 0.05) is 30.2 Å². The molecule has 0 N–H and O–H groups in total. The summed E-state index contributed by atoms with van der Waals surface area (Å²) in [4.78, 5) is 9.40. The van der Waals surface area contributed by atoms with Gasteiger partial charge >= 0.3 is 0 Å². The van der Waals surface area contributed by atoms with Crippen LogP contribution in [0.5, 0.6) is 0 Å². The van der Waals surface area contributed by atoms with Gasteiger partial charge in [-0.3, -0.25) is 9.97 Å². The van der Waals surface area contributed by atoms with Crippen molar-refractivity contribution in [3.05, 3.63) is 76.4 Å². The van der Waals surface area contributed by atoms with Crippen LogP contribution in [0.25, 0.3) is 0 Å². The molecule has 23 heavy (non-hydrogen) atoms. The van der Waals surface area contributed by atoms with E-state index in [1.807, 2.05) is 12.4 Å². The fourth-order valence-corrected chi connectivity index (χ4v) is 4.48. The van der Waals surface area contributed by atoms with Gasteiger partial charge in [-0.05, 0) is 54.5 Å². The minimum absolute atomic E-state index is 0.302. The number of aryl methyl sites for hydroxylation is 2. The zero-order valence-electron chi connectivity index (χ0n) is 13.4. The van der Waals surface area contributed by atoms with Crippen molar-refractivity contribution in [3.8, 4) is 0 Å². The fourth-order valence-electron chi connectivity index (χ4n) is 4.48. The van der Waals surface area contributed by atoms with Crippen LogP contribution in [0.1, 0.15) is 33.6 Å². The molecule has 2 aromatic heterocycles. The van der Waals surface area contributed by atoms with Gasteiger partial charge in [0.25, 0.3) is 0 Å². The Morgan fingerprint density at radius 3 is 2.30 bits per heavy atom. The van der Waals surface area contributed by atoms with E-state index in [-0.39, 0.29) is 0 Å². The first kappa shape index (κ1) is 13.1. The van der Waals surface area contributed by atoms with Gasteiger partial charge < -0.3 is 0 Å². The molecule has 0 atom stereocenters. The van der Waals surface area contributed by atoms with Crippen molar-refractivity contribution in [2.24, 2.45) is 0 Å². The summed E-state index contributed by atoms with van der Waals surface area (Å²) in [6.45, 7) is 4.75. The number of aromatic nitrogens is 2. The van der Waals surface area contributed by atoms with Gasteiger partial charge in [0.05, 0.1) is 0 Å². The molecule has 5 rings (SSSR count). The first-order valence-electron chi connectivity index (χ1n) is 8.23. The topological polar surface area (TPSA) is 25.8 Å². The van der Waals surface area contributed by atoms with Gasteiger partial charge in [0.1, 0.15) is 0 Å². The quantitative estimate of drug-likeness (QED) is 0.404. The van der Waals surface area contributed by atoms with Crippen LogP contribution in [0.3, 0.4) is 0 Å². The van der Waals surface area contributed by atoms with Crippen LogP contribution in [0.15, 0.2) is 42.7 Å². The van der Waals surface area contributed by atoms with Crippen LogP contribution in [-0.4, -0.2) is 16.7 Å². The molecule has 0 saturated carbocycles. The SMILES string of the molecule is Cc1cccc2c1B1c3c(C)ccnc3Cc3nccc(c31)C2. The standard InChI is InChI=1S/C20H17BN2/c1-12-4-3-5-14-10-15-7-9-23-17-11-16-19(13(2)6-8-22-16)21(18(12)14)20(15)17/h3-9H,10-11H2,1-2H3. The molecular weight excluding hydrogens is 279 g/mol. The van der Waals surface area contributed by atoms with Gasteiger partial charge in [0.2, 0.25) is 6.71 Å². The van der Waals surface area contributed by atoms with E-state index in [2.05, 4.69) is 44.2 Å². The largest absolute Gasteiger partial charge is 0.261 e. The second-order valence-electron chi connectivity index (χ2n) is 6.75. The Morgan fingerprint density at radius 2 is 1.43 bits per heavy atom. The zero-order chi connectivity index (χ0) is 15.6. The third-order valence-electron chi connectivity index (χ3n) is 5.45. The molecule has 3 heteroatoms. The molecule has 0 fully saturated rings. The minimum Gasteiger partial charge on any atom is -0.261 e. The molecule has 4 heterocycles. The average Bonchev–Trinajstić information content (AvgIpc) is 2.55. The van der Waals surface area contributed by atoms with E-state index in [1.165, 1.54) is 50.0 Å². The van der Waals surface area contributed by atoms with Crippen molar-refractivity contribution in [2.45, 2.75) is 26.7 Å². The molecule has 0 radical (unpaired) electrons. The third kappa shape index (κ3) is 1.71. The van der Waals surface area contributed by atoms with Crippen molar-refractivity contribution >= 4 is 23.1 Å². The lowest BCUT2D eigenvalue weighted by Crippen LogP contribution is -2.63. The predicted octanol–water partition coefficient (Wildman–Crippen LogP) is 1.42. The first-order valence-corrected chi connectivity index (χ1v) is 8.23. The molecule has 0 saturated heterocycles. The summed E-state index contributed by atoms with van der Waals surface area (Å²) >= 11 is 0. The van der Waals surface area contributed by atoms with E-state index < -0.39 is 0 Å². The number of fused-ring (bicyclic) bond motifs is 4. The number of benzene rings is 1. The molecule has 0 amide bonds. The van der Waals surface area contributed by atoms with Crippen LogP contribution >= 0.6 is 0 Å². The van der Waals surface area contributed by atoms with Crippen molar-refractivity contribution < 1.29 is 0 Å². The monoisotopic (exact) mass is 296 g/mol. The summed E-state index contributed by atoms with van der Waals surface area (Å²) in [7, 11) is 0. The molecular formula is C20H17BN2. The van der Waals surface area contributed by atoms with E-state index in [4.69, 9.17) is 9.97 Å². The number of rotatable bonds is 0. The number of hydrogen-bond acceptors (Lipinski definition) is 2. The van der Waals surface area contributed by atoms with Crippen LogP contribution in [-0.2, 0) is 12.8 Å². The molecule has 2 aliphatic rings. The number of pyridine rings is 2. The van der Waals surface area contributed by atoms with Gasteiger partial charge in [-0.1, -0.05) is 34.8 Å². The number of hydrogen-bond donors (Lipinski definition) is 0. The van der Waals surface area contributed by atoms with E-state index >= 15 is 0 Å². The summed E-state index contributed by atoms with van der Waals surface area (Å²) in [5, 5.41) is 0. The lowest BCUT2D eigenvalue weighted by molar-refractivity contribution is 1.00. The lowest BCUT2D eigenvalue weighted by atomic mass is 9.30. The van der Waals surface area contributed by atoms with Crippen LogP contribution in [0.4, 0.5) is 0 Å². The molecule has 0 bridgehead atoms. The Hall–Kier alpha value is -2.42. The fraction of sp³-hybridized carbons (Fsp3) is 0.200. The van der Waals surface area contributed by atoms with Crippen molar-refractivity contribution in [1.82, 2.24) is 9.97 Å². The summed E-state index contributed by atoms with van der Waals surface area (Å²) in [5.41, 5.74) is 12.4. The van der Waals surface area contributed by atoms with Gasteiger partial charge in [-0.15, -0.1) is 0 Å². The lowest BCUT2D eigenvalue weighted by Gasteiger charge is -2.34. The van der Waals surface area contributed by atoms with E-state index in [0.29, 0.717) is 6.71 Å². The Kier molecular flexibility index (Phi) is 2.58. The highest BCUT2D eigenvalue weighted by atomic mass is 14.7. The normalized spacial score (nSPS) is 14.1. The zero-order valence-corrected chi connectivity index (χ0v) is 13.4. The Morgan fingerprint density at radius 1 is 0.739 bits per heavy atom. The Bertz CT molecular complexity index is 855. The molecule has 0 spiro atoms. The summed E-state index contributed by atoms with van der Waals surface area (Å²) in [5.74, 6) is 0. The van der Waals surface area contributed by atoms with Crippen molar-refractivity contribution in [1.29, 1.82) is 0 Å². The Labute approximate surface area is 136 Å². The Balaban J connectivity index is 1.91. The predicted molar refractivity (Wildman–Crippen MR) is 94.7 cm³/mol. The molecule has 0 unspecified atom stereocenters. The molecule has 1 aromatic carbocycles. The highest BCUT2D eigenvalue weighted by Crippen LogP contribution is 2.22. The molecule has 2 aliphatic heterocycles. The van der Waals surface area contributed by atoms with E-state index in [1.54, 1.807) is 0 Å². The van der Waals surface area contributed by atoms with E-state index in [0.717, 1.165) is 12.8 Å². The highest BCUT2D eigenvalue weighted by Gasteiger charge is 2.39. The van der Waals surface area contributed by atoms with Crippen LogP contribution in [0.2, 0.25) is 0 Å². The summed E-state index contributed by atoms with van der Waals surface area (Å²) in [6.07, 6.45) is 5.78. The van der Waals surface area contributed by atoms with Crippen LogP contribution < -0.4 is 16.4 Å². The maximum atomic E-state index is 4.70. The third-order valence-corrected chi connectivity index (χ3v) is 5.45. The van der Waals surface area contributed by atoms with E-state index in [9.17, 15) is 0 Å². The minimum atomic E-state index is 0.302. The van der Waals surface area contributed by atoms with Crippen molar-refractivity contribution in [2.75, 3.05) is 0 Å². The second-order valence-corrected chi connectivity index (χ2v) is 6.75. The maximum absolute atomic E-state index is 4.70. The molecule has 0 aliphatic carbocycles. The second kappa shape index (κ2) is 4.54. The summed E-state index contributed by atoms with van der Waals surface area (Å²) < 4.78 is 0. The van der Waals surface area contributed by atoms with Crippen molar-refractivity contribution in [3.63, 3.8) is 0 Å². The molecule has 3 aromatic rings. The smallest absolute Gasteiger partial charge is 0.247 e. The molecule has 110 valence electrons. The van der Waals surface area contributed by atoms with Gasteiger partial charge in [-0.2, -0.15) is 0 Å². The van der Waals surface area contributed by atoms with Crippen LogP contribution in [0, 0.1) is 13.8 Å². The maximum Gasteiger partial charge on any atom is 0.247 e.